The molecule has 3 heterocycles. The number of nitro groups is 1. The van der Waals surface area contributed by atoms with Crippen molar-refractivity contribution in [2.75, 3.05) is 46.6 Å². The number of piperazine rings is 1. The fourth-order valence-corrected chi connectivity index (χ4v) is 6.13. The molecule has 0 bridgehead atoms. The van der Waals surface area contributed by atoms with E-state index in [2.05, 4.69) is 9.89 Å². The number of methoxy groups -OCH3 is 1. The van der Waals surface area contributed by atoms with Crippen LogP contribution in [0, 0.1) is 30.9 Å². The number of carbonyl (C=O) groups excluding carboxylic acids is 2. The molecule has 0 aromatic heterocycles. The van der Waals surface area contributed by atoms with Gasteiger partial charge in [-0.1, -0.05) is 0 Å². The lowest BCUT2D eigenvalue weighted by Crippen LogP contribution is -2.49. The lowest BCUT2D eigenvalue weighted by Gasteiger charge is -2.34. The number of aliphatic imine (C=N–C) groups is 1. The van der Waals surface area contributed by atoms with E-state index in [1.54, 1.807) is 30.2 Å². The summed E-state index contributed by atoms with van der Waals surface area (Å²) in [5, 5.41) is 11.9. The van der Waals surface area contributed by atoms with Gasteiger partial charge in [0.2, 0.25) is 5.75 Å². The third-order valence-electron chi connectivity index (χ3n) is 8.98. The Bertz CT molecular complexity index is 1730. The quantitative estimate of drug-likeness (QED) is 0.239. The van der Waals surface area contributed by atoms with Crippen molar-refractivity contribution in [3.63, 3.8) is 0 Å². The Balaban J connectivity index is 1.07. The molecule has 0 aliphatic carbocycles. The maximum atomic E-state index is 13.4. The molecule has 3 aromatic carbocycles. The second-order valence-electron chi connectivity index (χ2n) is 11.9. The Hall–Kier alpha value is -4.97. The van der Waals surface area contributed by atoms with Crippen molar-refractivity contribution >= 4 is 29.4 Å². The van der Waals surface area contributed by atoms with Crippen molar-refractivity contribution in [3.05, 3.63) is 80.4 Å². The Kier molecular flexibility index (Phi) is 8.63. The summed E-state index contributed by atoms with van der Waals surface area (Å²) in [5.74, 6) is 1.46. The fourth-order valence-electron chi connectivity index (χ4n) is 6.13. The van der Waals surface area contributed by atoms with Crippen molar-refractivity contribution in [1.82, 2.24) is 14.7 Å². The number of fused-ring (bicyclic) bond motifs is 2. The molecule has 3 aliphatic rings. The number of ether oxygens (including phenoxy) is 3. The molecule has 2 amide bonds. The maximum Gasteiger partial charge on any atom is 0.312 e. The number of hydrogen-bond acceptors (Lipinski definition) is 9. The topological polar surface area (TPSA) is 127 Å². The van der Waals surface area contributed by atoms with E-state index in [0.717, 1.165) is 36.1 Å². The summed E-state index contributed by atoms with van der Waals surface area (Å²) in [4.78, 5) is 48.1. The van der Waals surface area contributed by atoms with Crippen LogP contribution in [0.2, 0.25) is 0 Å². The molecule has 12 heteroatoms. The van der Waals surface area contributed by atoms with Gasteiger partial charge in [0.1, 0.15) is 24.0 Å². The molecular weight excluding hydrogens is 590 g/mol. The first-order chi connectivity index (χ1) is 22.1. The lowest BCUT2D eigenvalue weighted by molar-refractivity contribution is -0.385. The van der Waals surface area contributed by atoms with Gasteiger partial charge in [-0.25, -0.2) is 0 Å². The van der Waals surface area contributed by atoms with Gasteiger partial charge in [-0.2, -0.15) is 0 Å². The van der Waals surface area contributed by atoms with Crippen molar-refractivity contribution in [3.8, 4) is 23.0 Å². The van der Waals surface area contributed by atoms with Gasteiger partial charge >= 0.3 is 5.69 Å². The van der Waals surface area contributed by atoms with Gasteiger partial charge in [-0.15, -0.1) is 0 Å². The number of rotatable bonds is 8. The Morgan fingerprint density at radius 2 is 1.76 bits per heavy atom. The van der Waals surface area contributed by atoms with Crippen LogP contribution in [-0.4, -0.2) is 90.3 Å². The normalized spacial score (nSPS) is 17.7. The van der Waals surface area contributed by atoms with Gasteiger partial charge in [-0.3, -0.25) is 29.6 Å². The highest BCUT2D eigenvalue weighted by Crippen LogP contribution is 2.37. The van der Waals surface area contributed by atoms with E-state index >= 15 is 0 Å². The average Bonchev–Trinajstić information content (AvgIpc) is 3.49. The first-order valence-corrected chi connectivity index (χ1v) is 15.4. The minimum atomic E-state index is -0.547. The molecule has 12 nitrogen and oxygen atoms in total. The smallest absolute Gasteiger partial charge is 0.312 e. The summed E-state index contributed by atoms with van der Waals surface area (Å²) in [7, 11) is 1.56. The van der Waals surface area contributed by atoms with Crippen molar-refractivity contribution < 1.29 is 28.7 Å². The highest BCUT2D eigenvalue weighted by Gasteiger charge is 2.32. The van der Waals surface area contributed by atoms with Crippen LogP contribution < -0.4 is 14.2 Å². The van der Waals surface area contributed by atoms with Gasteiger partial charge < -0.3 is 24.0 Å². The number of nitrogens with zero attached hydrogens (tertiary/aromatic N) is 5. The molecule has 2 saturated heterocycles. The maximum absolute atomic E-state index is 13.4. The Morgan fingerprint density at radius 3 is 2.50 bits per heavy atom. The van der Waals surface area contributed by atoms with E-state index in [0.29, 0.717) is 61.4 Å². The standard InChI is InChI=1S/C34H37N5O7/c1-21-14-26(17-32(44-4)23(21)3)46-30-8-7-24(16-29(30)39(42)43)33(40)37-12-10-36(11-13-37)20-45-31-18-28-27(15-22(31)2)34(41)38-9-5-6-25(38)19-35-28/h7-8,14-19,25H,5-6,9-13,20H2,1-4H3/t25-/m0/s1. The Labute approximate surface area is 267 Å². The third kappa shape index (κ3) is 6.12. The minimum Gasteiger partial charge on any atom is -0.496 e. The summed E-state index contributed by atoms with van der Waals surface area (Å²) in [6.45, 7) is 8.84. The molecule has 3 aromatic rings. The van der Waals surface area contributed by atoms with E-state index in [1.807, 2.05) is 44.0 Å². The molecule has 0 saturated carbocycles. The second-order valence-corrected chi connectivity index (χ2v) is 11.9. The monoisotopic (exact) mass is 627 g/mol. The molecule has 6 rings (SSSR count). The molecule has 0 spiro atoms. The number of aryl methyl sites for hydroxylation is 2. The van der Waals surface area contributed by atoms with Crippen molar-refractivity contribution in [2.45, 2.75) is 39.7 Å². The molecule has 0 radical (unpaired) electrons. The molecule has 2 fully saturated rings. The zero-order chi connectivity index (χ0) is 32.5. The van der Waals surface area contributed by atoms with Gasteiger partial charge in [-0.05, 0) is 74.6 Å². The number of amides is 2. The van der Waals surface area contributed by atoms with Crippen LogP contribution in [0.1, 0.15) is 50.2 Å². The molecule has 46 heavy (non-hydrogen) atoms. The molecule has 240 valence electrons. The van der Waals surface area contributed by atoms with Gasteiger partial charge in [0.15, 0.2) is 0 Å². The summed E-state index contributed by atoms with van der Waals surface area (Å²) < 4.78 is 17.4. The number of nitro benzene ring substituents is 1. The predicted octanol–water partition coefficient (Wildman–Crippen LogP) is 5.44. The number of hydrogen-bond donors (Lipinski definition) is 0. The molecular formula is C34H37N5O7. The van der Waals surface area contributed by atoms with Crippen LogP contribution in [-0.2, 0) is 0 Å². The van der Waals surface area contributed by atoms with Crippen LogP contribution in [0.5, 0.6) is 23.0 Å². The Morgan fingerprint density at radius 1 is 0.978 bits per heavy atom. The zero-order valence-electron chi connectivity index (χ0n) is 26.4. The first-order valence-electron chi connectivity index (χ1n) is 15.4. The molecule has 3 aliphatic heterocycles. The average molecular weight is 628 g/mol. The van der Waals surface area contributed by atoms with Crippen molar-refractivity contribution in [2.24, 2.45) is 4.99 Å². The SMILES string of the molecule is COc1cc(Oc2ccc(C(=O)N3CCN(COc4cc5c(cc4C)C(=O)N4CCC[C@H]4C=N5)CC3)cc2[N+](=O)[O-])cc(C)c1C. The van der Waals surface area contributed by atoms with Gasteiger partial charge in [0, 0.05) is 62.7 Å². The molecule has 0 unspecified atom stereocenters. The van der Waals surface area contributed by atoms with Crippen LogP contribution in [0.25, 0.3) is 0 Å². The number of carbonyl (C=O) groups is 2. The summed E-state index contributed by atoms with van der Waals surface area (Å²) in [5.41, 5.74) is 3.88. The van der Waals surface area contributed by atoms with Crippen LogP contribution in [0.4, 0.5) is 11.4 Å². The van der Waals surface area contributed by atoms with Crippen LogP contribution >= 0.6 is 0 Å². The van der Waals surface area contributed by atoms with E-state index in [4.69, 9.17) is 14.2 Å². The summed E-state index contributed by atoms with van der Waals surface area (Å²) in [6, 6.07) is 11.5. The van der Waals surface area contributed by atoms with Crippen LogP contribution in [0.15, 0.2) is 47.5 Å². The number of benzene rings is 3. The fraction of sp³-hybridized carbons (Fsp3) is 0.382. The van der Waals surface area contributed by atoms with E-state index in [-0.39, 0.29) is 34.9 Å². The molecule has 0 N–H and O–H groups in total. The van der Waals surface area contributed by atoms with Crippen LogP contribution in [0.3, 0.4) is 0 Å². The summed E-state index contributed by atoms with van der Waals surface area (Å²) in [6.07, 6.45) is 3.78. The highest BCUT2D eigenvalue weighted by molar-refractivity contribution is 6.03. The van der Waals surface area contributed by atoms with E-state index < -0.39 is 4.92 Å². The van der Waals surface area contributed by atoms with E-state index in [1.165, 1.54) is 12.1 Å². The molecule has 1 atom stereocenters. The van der Waals surface area contributed by atoms with Gasteiger partial charge in [0.05, 0.1) is 29.3 Å². The second kappa shape index (κ2) is 12.8. The third-order valence-corrected chi connectivity index (χ3v) is 8.98. The summed E-state index contributed by atoms with van der Waals surface area (Å²) >= 11 is 0. The first kappa shape index (κ1) is 31.0. The predicted molar refractivity (Wildman–Crippen MR) is 172 cm³/mol. The zero-order valence-corrected chi connectivity index (χ0v) is 26.4. The van der Waals surface area contributed by atoms with Crippen molar-refractivity contribution in [1.29, 1.82) is 0 Å². The lowest BCUT2D eigenvalue weighted by atomic mass is 10.1. The highest BCUT2D eigenvalue weighted by atomic mass is 16.6. The van der Waals surface area contributed by atoms with E-state index in [9.17, 15) is 19.7 Å². The minimum absolute atomic E-state index is 0.0138. The van der Waals surface area contributed by atoms with Gasteiger partial charge in [0.25, 0.3) is 11.8 Å². The largest absolute Gasteiger partial charge is 0.496 e.